The minimum atomic E-state index is -3.79. The highest BCUT2D eigenvalue weighted by molar-refractivity contribution is 7.89. The van der Waals surface area contributed by atoms with E-state index in [0.717, 1.165) is 18.4 Å². The van der Waals surface area contributed by atoms with Crippen molar-refractivity contribution in [2.75, 3.05) is 13.1 Å². The van der Waals surface area contributed by atoms with E-state index in [1.165, 1.54) is 12.1 Å². The molecule has 0 aromatic heterocycles. The first-order valence-electron chi connectivity index (χ1n) is 8.61. The molecule has 1 saturated heterocycles. The molecule has 0 radical (unpaired) electrons. The van der Waals surface area contributed by atoms with Crippen LogP contribution in [0, 0.1) is 6.92 Å². The van der Waals surface area contributed by atoms with Crippen molar-refractivity contribution in [1.82, 2.24) is 9.62 Å². The number of amides is 1. The summed E-state index contributed by atoms with van der Waals surface area (Å²) >= 11 is 12.0. The molecule has 1 N–H and O–H groups in total. The number of hydrogen-bond acceptors (Lipinski definition) is 3. The van der Waals surface area contributed by atoms with Crippen LogP contribution in [-0.4, -0.2) is 32.3 Å². The van der Waals surface area contributed by atoms with Gasteiger partial charge in [-0.2, -0.15) is 0 Å². The summed E-state index contributed by atoms with van der Waals surface area (Å²) < 4.78 is 27.9. The minimum Gasteiger partial charge on any atom is -0.339 e. The van der Waals surface area contributed by atoms with Crippen LogP contribution in [0.2, 0.25) is 10.0 Å². The summed E-state index contributed by atoms with van der Waals surface area (Å²) in [7, 11) is -3.79. The van der Waals surface area contributed by atoms with Gasteiger partial charge in [0, 0.05) is 35.2 Å². The summed E-state index contributed by atoms with van der Waals surface area (Å²) in [6.07, 6.45) is 1.96. The second-order valence-corrected chi connectivity index (χ2v) is 9.15. The van der Waals surface area contributed by atoms with Crippen LogP contribution in [0.4, 0.5) is 0 Å². The molecule has 1 amide bonds. The Balaban J connectivity index is 1.81. The third-order valence-corrected chi connectivity index (χ3v) is 6.60. The SMILES string of the molecule is Cc1ccc(S(=O)(=O)NCc2ccc(Cl)cc2Cl)cc1C(=O)N1CCCC1. The van der Waals surface area contributed by atoms with E-state index in [1.807, 2.05) is 0 Å². The molecule has 0 saturated carbocycles. The topological polar surface area (TPSA) is 66.5 Å². The fraction of sp³-hybridized carbons (Fsp3) is 0.316. The average Bonchev–Trinajstić information content (AvgIpc) is 3.15. The normalized spacial score (nSPS) is 14.6. The number of carbonyl (C=O) groups is 1. The highest BCUT2D eigenvalue weighted by atomic mass is 35.5. The lowest BCUT2D eigenvalue weighted by atomic mass is 10.1. The standard InChI is InChI=1S/C19H20Cl2N2O3S/c1-13-4-7-16(11-17(13)19(24)23-8-2-3-9-23)27(25,26)22-12-14-5-6-15(20)10-18(14)21/h4-7,10-11,22H,2-3,8-9,12H2,1H3. The summed E-state index contributed by atoms with van der Waals surface area (Å²) in [5.74, 6) is -0.122. The van der Waals surface area contributed by atoms with Gasteiger partial charge in [-0.05, 0) is 55.2 Å². The number of rotatable bonds is 5. The molecule has 0 aliphatic carbocycles. The van der Waals surface area contributed by atoms with E-state index in [4.69, 9.17) is 23.2 Å². The van der Waals surface area contributed by atoms with Gasteiger partial charge in [0.1, 0.15) is 0 Å². The predicted molar refractivity (Wildman–Crippen MR) is 107 cm³/mol. The molecule has 2 aromatic carbocycles. The lowest BCUT2D eigenvalue weighted by molar-refractivity contribution is 0.0792. The Kier molecular flexibility index (Phi) is 6.11. The average molecular weight is 427 g/mol. The van der Waals surface area contributed by atoms with Crippen LogP contribution < -0.4 is 4.72 Å². The molecular formula is C19H20Cl2N2O3S. The smallest absolute Gasteiger partial charge is 0.254 e. The monoisotopic (exact) mass is 426 g/mol. The number of nitrogens with one attached hydrogen (secondary N) is 1. The third kappa shape index (κ3) is 4.63. The van der Waals surface area contributed by atoms with Gasteiger partial charge in [0.05, 0.1) is 4.90 Å². The van der Waals surface area contributed by atoms with E-state index in [-0.39, 0.29) is 17.3 Å². The van der Waals surface area contributed by atoms with Crippen molar-refractivity contribution in [3.8, 4) is 0 Å². The lowest BCUT2D eigenvalue weighted by Gasteiger charge is -2.17. The van der Waals surface area contributed by atoms with Crippen LogP contribution in [0.3, 0.4) is 0 Å². The number of halogens is 2. The van der Waals surface area contributed by atoms with Gasteiger partial charge in [0.2, 0.25) is 10.0 Å². The summed E-state index contributed by atoms with van der Waals surface area (Å²) in [6.45, 7) is 3.26. The van der Waals surface area contributed by atoms with Crippen molar-refractivity contribution in [3.05, 3.63) is 63.1 Å². The summed E-state index contributed by atoms with van der Waals surface area (Å²) in [5.41, 5.74) is 1.79. The number of nitrogens with zero attached hydrogens (tertiary/aromatic N) is 1. The Hall–Kier alpha value is -1.60. The molecule has 0 unspecified atom stereocenters. The first kappa shape index (κ1) is 20.1. The molecule has 1 aliphatic rings. The van der Waals surface area contributed by atoms with Gasteiger partial charge in [0.25, 0.3) is 5.91 Å². The van der Waals surface area contributed by atoms with Crippen LogP contribution in [-0.2, 0) is 16.6 Å². The Morgan fingerprint density at radius 2 is 1.81 bits per heavy atom. The van der Waals surface area contributed by atoms with Crippen molar-refractivity contribution < 1.29 is 13.2 Å². The van der Waals surface area contributed by atoms with Crippen LogP contribution in [0.1, 0.15) is 34.3 Å². The third-order valence-electron chi connectivity index (χ3n) is 4.61. The van der Waals surface area contributed by atoms with Gasteiger partial charge < -0.3 is 4.90 Å². The Bertz CT molecular complexity index is 971. The zero-order valence-corrected chi connectivity index (χ0v) is 17.2. The molecule has 3 rings (SSSR count). The van der Waals surface area contributed by atoms with E-state index in [1.54, 1.807) is 36.1 Å². The first-order chi connectivity index (χ1) is 12.8. The van der Waals surface area contributed by atoms with Gasteiger partial charge in [0.15, 0.2) is 0 Å². The number of aryl methyl sites for hydroxylation is 1. The Labute approximate surface area is 169 Å². The number of benzene rings is 2. The molecule has 0 atom stereocenters. The molecule has 2 aromatic rings. The molecule has 1 aliphatic heterocycles. The van der Waals surface area contributed by atoms with Crippen molar-refractivity contribution in [1.29, 1.82) is 0 Å². The summed E-state index contributed by atoms with van der Waals surface area (Å²) in [6, 6.07) is 9.49. The van der Waals surface area contributed by atoms with E-state index in [9.17, 15) is 13.2 Å². The molecule has 0 spiro atoms. The summed E-state index contributed by atoms with van der Waals surface area (Å²) in [4.78, 5) is 14.5. The first-order valence-corrected chi connectivity index (χ1v) is 10.9. The maximum atomic E-state index is 12.7. The highest BCUT2D eigenvalue weighted by Gasteiger charge is 2.23. The van der Waals surface area contributed by atoms with E-state index < -0.39 is 10.0 Å². The van der Waals surface area contributed by atoms with Gasteiger partial charge in [-0.25, -0.2) is 13.1 Å². The fourth-order valence-electron chi connectivity index (χ4n) is 3.01. The van der Waals surface area contributed by atoms with Crippen molar-refractivity contribution in [3.63, 3.8) is 0 Å². The number of carbonyl (C=O) groups excluding carboxylic acids is 1. The van der Waals surface area contributed by atoms with Crippen LogP contribution >= 0.6 is 23.2 Å². The number of sulfonamides is 1. The molecule has 144 valence electrons. The van der Waals surface area contributed by atoms with Gasteiger partial charge >= 0.3 is 0 Å². The second kappa shape index (κ2) is 8.19. The van der Waals surface area contributed by atoms with Crippen molar-refractivity contribution >= 4 is 39.1 Å². The van der Waals surface area contributed by atoms with E-state index >= 15 is 0 Å². The molecular weight excluding hydrogens is 407 g/mol. The minimum absolute atomic E-state index is 0.0294. The molecule has 1 heterocycles. The van der Waals surface area contributed by atoms with E-state index in [2.05, 4.69) is 4.72 Å². The van der Waals surface area contributed by atoms with Crippen LogP contribution in [0.25, 0.3) is 0 Å². The lowest BCUT2D eigenvalue weighted by Crippen LogP contribution is -2.29. The Morgan fingerprint density at radius 3 is 2.48 bits per heavy atom. The van der Waals surface area contributed by atoms with Gasteiger partial charge in [-0.15, -0.1) is 0 Å². The van der Waals surface area contributed by atoms with E-state index in [0.29, 0.717) is 34.3 Å². The van der Waals surface area contributed by atoms with Crippen molar-refractivity contribution in [2.24, 2.45) is 0 Å². The predicted octanol–water partition coefficient (Wildman–Crippen LogP) is 4.02. The van der Waals surface area contributed by atoms with Gasteiger partial charge in [-0.3, -0.25) is 4.79 Å². The van der Waals surface area contributed by atoms with Crippen LogP contribution in [0.5, 0.6) is 0 Å². The zero-order chi connectivity index (χ0) is 19.6. The summed E-state index contributed by atoms with van der Waals surface area (Å²) in [5, 5.41) is 0.870. The second-order valence-electron chi connectivity index (χ2n) is 6.54. The largest absolute Gasteiger partial charge is 0.339 e. The molecule has 5 nitrogen and oxygen atoms in total. The maximum Gasteiger partial charge on any atom is 0.254 e. The molecule has 0 bridgehead atoms. The zero-order valence-electron chi connectivity index (χ0n) is 14.8. The number of likely N-dealkylation sites (tertiary alicyclic amines) is 1. The maximum absolute atomic E-state index is 12.7. The Morgan fingerprint density at radius 1 is 1.11 bits per heavy atom. The fourth-order valence-corrected chi connectivity index (χ4v) is 4.52. The quantitative estimate of drug-likeness (QED) is 0.784. The molecule has 8 heteroatoms. The molecule has 1 fully saturated rings. The van der Waals surface area contributed by atoms with Crippen molar-refractivity contribution in [2.45, 2.75) is 31.2 Å². The highest BCUT2D eigenvalue weighted by Crippen LogP contribution is 2.23. The van der Waals surface area contributed by atoms with Gasteiger partial charge in [-0.1, -0.05) is 35.3 Å². The molecule has 27 heavy (non-hydrogen) atoms. The number of hydrogen-bond donors (Lipinski definition) is 1. The van der Waals surface area contributed by atoms with Crippen LogP contribution in [0.15, 0.2) is 41.3 Å².